The third-order valence-electron chi connectivity index (χ3n) is 6.03. The zero-order valence-electron chi connectivity index (χ0n) is 17.8. The third kappa shape index (κ3) is 3.31. The van der Waals surface area contributed by atoms with Gasteiger partial charge < -0.3 is 4.98 Å². The highest BCUT2D eigenvalue weighted by atomic mass is 16.1. The molecule has 0 radical (unpaired) electrons. The lowest BCUT2D eigenvalue weighted by Gasteiger charge is -2.15. The standard InChI is InChI=1S/C30H20N2O/c33-30-28(27(20-11-3-1-4-12-20)24-17-9-10-18-25(24)32-30)26-19-22-15-7-8-16-23(22)29(31-26)21-13-5-2-6-14-21/h1-19H,(H,32,33). The first kappa shape index (κ1) is 19.2. The van der Waals surface area contributed by atoms with Crippen molar-refractivity contribution in [2.75, 3.05) is 0 Å². The van der Waals surface area contributed by atoms with Gasteiger partial charge in [-0.1, -0.05) is 103 Å². The van der Waals surface area contributed by atoms with E-state index in [1.165, 1.54) is 0 Å². The molecule has 0 aliphatic heterocycles. The molecule has 6 rings (SSSR count). The molecule has 1 N–H and O–H groups in total. The van der Waals surface area contributed by atoms with Crippen LogP contribution in [0.2, 0.25) is 0 Å². The number of H-pyrrole nitrogens is 1. The molecular formula is C30H20N2O. The number of fused-ring (bicyclic) bond motifs is 2. The van der Waals surface area contributed by atoms with Gasteiger partial charge in [0, 0.05) is 27.4 Å². The molecule has 0 spiro atoms. The molecule has 0 aliphatic rings. The van der Waals surface area contributed by atoms with E-state index in [1.807, 2.05) is 84.9 Å². The number of aromatic amines is 1. The first-order valence-corrected chi connectivity index (χ1v) is 11.0. The molecule has 3 nitrogen and oxygen atoms in total. The van der Waals surface area contributed by atoms with E-state index in [1.54, 1.807) is 0 Å². The molecule has 0 fully saturated rings. The molecule has 0 amide bonds. The molecule has 0 atom stereocenters. The van der Waals surface area contributed by atoms with E-state index in [2.05, 4.69) is 35.3 Å². The number of hydrogen-bond acceptors (Lipinski definition) is 2. The molecule has 156 valence electrons. The van der Waals surface area contributed by atoms with Crippen LogP contribution in [0.15, 0.2) is 120 Å². The summed E-state index contributed by atoms with van der Waals surface area (Å²) >= 11 is 0. The number of nitrogens with zero attached hydrogens (tertiary/aromatic N) is 1. The van der Waals surface area contributed by atoms with Gasteiger partial charge in [-0.2, -0.15) is 0 Å². The van der Waals surface area contributed by atoms with Gasteiger partial charge in [0.05, 0.1) is 17.0 Å². The Morgan fingerprint density at radius 1 is 0.576 bits per heavy atom. The number of para-hydroxylation sites is 1. The highest BCUT2D eigenvalue weighted by molar-refractivity contribution is 6.04. The molecule has 6 aromatic rings. The molecule has 2 aromatic heterocycles. The minimum Gasteiger partial charge on any atom is -0.321 e. The second-order valence-electron chi connectivity index (χ2n) is 8.06. The van der Waals surface area contributed by atoms with E-state index in [-0.39, 0.29) is 5.56 Å². The largest absolute Gasteiger partial charge is 0.321 e. The smallest absolute Gasteiger partial charge is 0.258 e. The lowest BCUT2D eigenvalue weighted by Crippen LogP contribution is -2.12. The number of nitrogens with one attached hydrogen (secondary N) is 1. The first-order chi connectivity index (χ1) is 16.3. The number of pyridine rings is 2. The maximum Gasteiger partial charge on any atom is 0.258 e. The Morgan fingerprint density at radius 3 is 1.94 bits per heavy atom. The van der Waals surface area contributed by atoms with Gasteiger partial charge in [0.1, 0.15) is 0 Å². The summed E-state index contributed by atoms with van der Waals surface area (Å²) in [6.07, 6.45) is 0. The Balaban J connectivity index is 1.74. The van der Waals surface area contributed by atoms with Crippen molar-refractivity contribution >= 4 is 21.7 Å². The van der Waals surface area contributed by atoms with Gasteiger partial charge in [-0.3, -0.25) is 4.79 Å². The van der Waals surface area contributed by atoms with Crippen LogP contribution in [0.3, 0.4) is 0 Å². The maximum absolute atomic E-state index is 13.5. The molecule has 0 saturated carbocycles. The average Bonchev–Trinajstić information content (AvgIpc) is 2.88. The van der Waals surface area contributed by atoms with Gasteiger partial charge in [-0.25, -0.2) is 4.98 Å². The molecule has 0 unspecified atom stereocenters. The monoisotopic (exact) mass is 424 g/mol. The zero-order chi connectivity index (χ0) is 22.2. The second kappa shape index (κ2) is 7.88. The van der Waals surface area contributed by atoms with Crippen molar-refractivity contribution < 1.29 is 0 Å². The number of benzene rings is 4. The first-order valence-electron chi connectivity index (χ1n) is 11.0. The van der Waals surface area contributed by atoms with Crippen LogP contribution in [0.4, 0.5) is 0 Å². The van der Waals surface area contributed by atoms with Crippen LogP contribution in [0.1, 0.15) is 0 Å². The summed E-state index contributed by atoms with van der Waals surface area (Å²) in [7, 11) is 0. The number of hydrogen-bond donors (Lipinski definition) is 1. The van der Waals surface area contributed by atoms with E-state index in [0.29, 0.717) is 11.3 Å². The maximum atomic E-state index is 13.5. The number of rotatable bonds is 3. The van der Waals surface area contributed by atoms with Gasteiger partial charge in [0.15, 0.2) is 0 Å². The van der Waals surface area contributed by atoms with Crippen molar-refractivity contribution in [1.82, 2.24) is 9.97 Å². The lowest BCUT2D eigenvalue weighted by molar-refractivity contribution is 1.27. The molecule has 2 heterocycles. The van der Waals surface area contributed by atoms with Gasteiger partial charge in [0.2, 0.25) is 0 Å². The molecule has 0 aliphatic carbocycles. The third-order valence-corrected chi connectivity index (χ3v) is 6.03. The molecule has 3 heteroatoms. The minimum absolute atomic E-state index is 0.144. The zero-order valence-corrected chi connectivity index (χ0v) is 17.8. The van der Waals surface area contributed by atoms with Crippen LogP contribution < -0.4 is 5.56 Å². The van der Waals surface area contributed by atoms with Crippen molar-refractivity contribution in [3.05, 3.63) is 126 Å². The van der Waals surface area contributed by atoms with Crippen LogP contribution in [0, 0.1) is 0 Å². The van der Waals surface area contributed by atoms with Crippen molar-refractivity contribution in [1.29, 1.82) is 0 Å². The van der Waals surface area contributed by atoms with Gasteiger partial charge in [0.25, 0.3) is 5.56 Å². The molecule has 0 bridgehead atoms. The predicted molar refractivity (Wildman–Crippen MR) is 136 cm³/mol. The van der Waals surface area contributed by atoms with E-state index in [4.69, 9.17) is 4.98 Å². The molecule has 4 aromatic carbocycles. The Kier molecular flexibility index (Phi) is 4.59. The van der Waals surface area contributed by atoms with E-state index >= 15 is 0 Å². The van der Waals surface area contributed by atoms with Crippen molar-refractivity contribution in [2.24, 2.45) is 0 Å². The summed E-state index contributed by atoms with van der Waals surface area (Å²) in [6, 6.07) is 38.4. The second-order valence-corrected chi connectivity index (χ2v) is 8.06. The van der Waals surface area contributed by atoms with Crippen LogP contribution in [-0.2, 0) is 0 Å². The van der Waals surface area contributed by atoms with Crippen molar-refractivity contribution in [2.45, 2.75) is 0 Å². The van der Waals surface area contributed by atoms with Crippen LogP contribution >= 0.6 is 0 Å². The SMILES string of the molecule is O=c1[nH]c2ccccc2c(-c2ccccc2)c1-c1cc2ccccc2c(-c2ccccc2)n1. The fraction of sp³-hybridized carbons (Fsp3) is 0. The minimum atomic E-state index is -0.144. The molecular weight excluding hydrogens is 404 g/mol. The Bertz CT molecular complexity index is 1670. The molecule has 33 heavy (non-hydrogen) atoms. The highest BCUT2D eigenvalue weighted by Gasteiger charge is 2.19. The Labute approximate surface area is 191 Å². The van der Waals surface area contributed by atoms with Crippen molar-refractivity contribution in [3.63, 3.8) is 0 Å². The van der Waals surface area contributed by atoms with Crippen molar-refractivity contribution in [3.8, 4) is 33.6 Å². The quantitative estimate of drug-likeness (QED) is 0.330. The highest BCUT2D eigenvalue weighted by Crippen LogP contribution is 2.37. The Hall–Kier alpha value is -4.50. The summed E-state index contributed by atoms with van der Waals surface area (Å²) in [6.45, 7) is 0. The Morgan fingerprint density at radius 2 is 1.18 bits per heavy atom. The van der Waals surface area contributed by atoms with Crippen LogP contribution in [-0.4, -0.2) is 9.97 Å². The van der Waals surface area contributed by atoms with E-state index < -0.39 is 0 Å². The van der Waals surface area contributed by atoms with Gasteiger partial charge >= 0.3 is 0 Å². The summed E-state index contributed by atoms with van der Waals surface area (Å²) in [4.78, 5) is 21.7. The fourth-order valence-electron chi connectivity index (χ4n) is 4.54. The van der Waals surface area contributed by atoms with Gasteiger partial charge in [-0.05, 0) is 23.1 Å². The summed E-state index contributed by atoms with van der Waals surface area (Å²) < 4.78 is 0. The summed E-state index contributed by atoms with van der Waals surface area (Å²) in [5.74, 6) is 0. The fourth-order valence-corrected chi connectivity index (χ4v) is 4.54. The average molecular weight is 425 g/mol. The summed E-state index contributed by atoms with van der Waals surface area (Å²) in [5.41, 5.74) is 5.71. The van der Waals surface area contributed by atoms with Crippen LogP contribution in [0.5, 0.6) is 0 Å². The van der Waals surface area contributed by atoms with E-state index in [0.717, 1.165) is 44.1 Å². The number of aromatic nitrogens is 2. The van der Waals surface area contributed by atoms with Gasteiger partial charge in [-0.15, -0.1) is 0 Å². The lowest BCUT2D eigenvalue weighted by atomic mass is 9.93. The normalized spacial score (nSPS) is 11.2. The summed E-state index contributed by atoms with van der Waals surface area (Å²) in [5, 5.41) is 3.10. The van der Waals surface area contributed by atoms with Crippen LogP contribution in [0.25, 0.3) is 55.3 Å². The van der Waals surface area contributed by atoms with E-state index in [9.17, 15) is 4.79 Å². The molecule has 0 saturated heterocycles. The topological polar surface area (TPSA) is 45.8 Å². The predicted octanol–water partition coefficient (Wildman–Crippen LogP) is 7.08.